The van der Waals surface area contributed by atoms with Gasteiger partial charge in [-0.25, -0.2) is 4.79 Å². The summed E-state index contributed by atoms with van der Waals surface area (Å²) in [7, 11) is 0. The van der Waals surface area contributed by atoms with E-state index in [1.54, 1.807) is 48.5 Å². The normalized spacial score (nSPS) is 18.2. The molecule has 0 aromatic heterocycles. The summed E-state index contributed by atoms with van der Waals surface area (Å²) in [6.45, 7) is 5.67. The SMILES string of the molecule is O=C(Oc1ccc(OCCCCOCC2CO2)cc1)c1ccc(OCCCCOCC2CO2)cc1. The summed E-state index contributed by atoms with van der Waals surface area (Å²) < 4.78 is 38.1. The maximum absolute atomic E-state index is 12.4. The maximum Gasteiger partial charge on any atom is 0.343 e. The van der Waals surface area contributed by atoms with Gasteiger partial charge in [0.15, 0.2) is 0 Å². The van der Waals surface area contributed by atoms with Crippen molar-refractivity contribution in [2.24, 2.45) is 0 Å². The predicted molar refractivity (Wildman–Crippen MR) is 128 cm³/mol. The van der Waals surface area contributed by atoms with Crippen LogP contribution in [0.25, 0.3) is 0 Å². The van der Waals surface area contributed by atoms with Crippen molar-refractivity contribution in [2.45, 2.75) is 37.9 Å². The molecule has 2 fully saturated rings. The van der Waals surface area contributed by atoms with Crippen molar-refractivity contribution >= 4 is 5.97 Å². The molecular formula is C27H34O8. The van der Waals surface area contributed by atoms with Crippen molar-refractivity contribution in [1.29, 1.82) is 0 Å². The molecule has 2 heterocycles. The van der Waals surface area contributed by atoms with Gasteiger partial charge in [-0.15, -0.1) is 0 Å². The first-order valence-corrected chi connectivity index (χ1v) is 12.3. The zero-order chi connectivity index (χ0) is 24.1. The highest BCUT2D eigenvalue weighted by Crippen LogP contribution is 2.20. The molecule has 0 aliphatic carbocycles. The molecule has 0 N–H and O–H groups in total. The lowest BCUT2D eigenvalue weighted by atomic mass is 10.2. The Morgan fingerprint density at radius 1 is 0.657 bits per heavy atom. The van der Waals surface area contributed by atoms with Crippen molar-refractivity contribution in [3.05, 3.63) is 54.1 Å². The van der Waals surface area contributed by atoms with Gasteiger partial charge in [0.25, 0.3) is 0 Å². The second-order valence-electron chi connectivity index (χ2n) is 8.56. The number of hydrogen-bond acceptors (Lipinski definition) is 8. The fourth-order valence-electron chi connectivity index (χ4n) is 3.21. The molecule has 8 nitrogen and oxygen atoms in total. The third-order valence-electron chi connectivity index (χ3n) is 5.44. The molecule has 0 spiro atoms. The molecule has 4 rings (SSSR count). The van der Waals surface area contributed by atoms with E-state index >= 15 is 0 Å². The van der Waals surface area contributed by atoms with Crippen LogP contribution in [-0.2, 0) is 18.9 Å². The van der Waals surface area contributed by atoms with Crippen molar-refractivity contribution in [3.63, 3.8) is 0 Å². The van der Waals surface area contributed by atoms with Gasteiger partial charge in [0, 0.05) is 13.2 Å². The fraction of sp³-hybridized carbons (Fsp3) is 0.519. The number of esters is 1. The molecule has 2 aromatic carbocycles. The molecule has 2 aliphatic rings. The highest BCUT2D eigenvalue weighted by Gasteiger charge is 2.22. The quantitative estimate of drug-likeness (QED) is 0.135. The average molecular weight is 487 g/mol. The summed E-state index contributed by atoms with van der Waals surface area (Å²) in [5, 5.41) is 0. The topological polar surface area (TPSA) is 88.3 Å². The van der Waals surface area contributed by atoms with Gasteiger partial charge in [0.1, 0.15) is 29.5 Å². The molecular weight excluding hydrogens is 452 g/mol. The molecule has 0 radical (unpaired) electrons. The van der Waals surface area contributed by atoms with E-state index in [9.17, 15) is 4.79 Å². The first-order valence-electron chi connectivity index (χ1n) is 12.3. The van der Waals surface area contributed by atoms with Gasteiger partial charge < -0.3 is 33.2 Å². The van der Waals surface area contributed by atoms with Crippen LogP contribution >= 0.6 is 0 Å². The van der Waals surface area contributed by atoms with Crippen LogP contribution in [0.2, 0.25) is 0 Å². The molecule has 190 valence electrons. The van der Waals surface area contributed by atoms with Gasteiger partial charge in [0.2, 0.25) is 0 Å². The number of rotatable bonds is 18. The summed E-state index contributed by atoms with van der Waals surface area (Å²) in [5.74, 6) is 1.51. The first kappa shape index (κ1) is 25.4. The molecule has 2 aliphatic heterocycles. The van der Waals surface area contributed by atoms with Crippen LogP contribution in [0.4, 0.5) is 0 Å². The van der Waals surface area contributed by atoms with Crippen LogP contribution in [0.3, 0.4) is 0 Å². The lowest BCUT2D eigenvalue weighted by Crippen LogP contribution is -2.08. The molecule has 0 bridgehead atoms. The van der Waals surface area contributed by atoms with Gasteiger partial charge in [-0.1, -0.05) is 0 Å². The summed E-state index contributed by atoms with van der Waals surface area (Å²) in [5.41, 5.74) is 0.462. The Hall–Kier alpha value is -2.65. The van der Waals surface area contributed by atoms with E-state index in [1.165, 1.54) is 0 Å². The van der Waals surface area contributed by atoms with E-state index in [4.69, 9.17) is 33.2 Å². The standard InChI is InChI=1S/C27H34O8/c28-27(21-5-7-22(8-6-21)31-15-3-1-13-29-17-25-19-33-25)35-24-11-9-23(10-12-24)32-16-4-2-14-30-18-26-20-34-26/h5-12,25-26H,1-4,13-20H2. The van der Waals surface area contributed by atoms with E-state index in [-0.39, 0.29) is 0 Å². The third kappa shape index (κ3) is 10.2. The van der Waals surface area contributed by atoms with Crippen LogP contribution in [-0.4, -0.2) is 71.0 Å². The number of epoxide rings is 2. The molecule has 2 aromatic rings. The summed E-state index contributed by atoms with van der Waals surface area (Å²) in [4.78, 5) is 12.4. The summed E-state index contributed by atoms with van der Waals surface area (Å²) in [6, 6.07) is 14.0. The summed E-state index contributed by atoms with van der Waals surface area (Å²) >= 11 is 0. The largest absolute Gasteiger partial charge is 0.494 e. The van der Waals surface area contributed by atoms with E-state index in [0.717, 1.165) is 57.0 Å². The number of ether oxygens (including phenoxy) is 7. The first-order chi connectivity index (χ1) is 17.3. The van der Waals surface area contributed by atoms with E-state index in [0.29, 0.717) is 56.6 Å². The number of carbonyl (C=O) groups excluding carboxylic acids is 1. The van der Waals surface area contributed by atoms with Crippen LogP contribution in [0.15, 0.2) is 48.5 Å². The third-order valence-corrected chi connectivity index (χ3v) is 5.44. The number of hydrogen-bond donors (Lipinski definition) is 0. The lowest BCUT2D eigenvalue weighted by molar-refractivity contribution is 0.0734. The van der Waals surface area contributed by atoms with Crippen LogP contribution in [0.5, 0.6) is 17.2 Å². The maximum atomic E-state index is 12.4. The van der Waals surface area contributed by atoms with Crippen molar-refractivity contribution in [2.75, 3.05) is 52.9 Å². The number of unbranched alkanes of at least 4 members (excludes halogenated alkanes) is 2. The van der Waals surface area contributed by atoms with Crippen LogP contribution in [0.1, 0.15) is 36.0 Å². The molecule has 35 heavy (non-hydrogen) atoms. The Morgan fingerprint density at radius 3 is 1.57 bits per heavy atom. The van der Waals surface area contributed by atoms with Gasteiger partial charge >= 0.3 is 5.97 Å². The van der Waals surface area contributed by atoms with Gasteiger partial charge in [-0.2, -0.15) is 0 Å². The Bertz CT molecular complexity index is 875. The molecule has 2 unspecified atom stereocenters. The zero-order valence-electron chi connectivity index (χ0n) is 20.0. The van der Waals surface area contributed by atoms with Gasteiger partial charge in [-0.05, 0) is 74.2 Å². The molecule has 0 saturated carbocycles. The zero-order valence-corrected chi connectivity index (χ0v) is 20.0. The van der Waals surface area contributed by atoms with Crippen molar-refractivity contribution in [3.8, 4) is 17.2 Å². The molecule has 8 heteroatoms. The second kappa shape index (κ2) is 14.0. The van der Waals surface area contributed by atoms with E-state index in [1.807, 2.05) is 0 Å². The van der Waals surface area contributed by atoms with Crippen molar-refractivity contribution in [1.82, 2.24) is 0 Å². The highest BCUT2D eigenvalue weighted by atomic mass is 16.6. The number of benzene rings is 2. The second-order valence-corrected chi connectivity index (χ2v) is 8.56. The Balaban J connectivity index is 1.07. The Morgan fingerprint density at radius 2 is 1.09 bits per heavy atom. The van der Waals surface area contributed by atoms with E-state index in [2.05, 4.69) is 0 Å². The predicted octanol–water partition coefficient (Wildman–Crippen LogP) is 4.05. The minimum Gasteiger partial charge on any atom is -0.494 e. The summed E-state index contributed by atoms with van der Waals surface area (Å²) in [6.07, 6.45) is 4.31. The van der Waals surface area contributed by atoms with Gasteiger partial charge in [0.05, 0.1) is 45.2 Å². The van der Waals surface area contributed by atoms with E-state index < -0.39 is 5.97 Å². The highest BCUT2D eigenvalue weighted by molar-refractivity contribution is 5.91. The Kier molecular flexibility index (Phi) is 10.2. The van der Waals surface area contributed by atoms with Crippen molar-refractivity contribution < 1.29 is 38.0 Å². The van der Waals surface area contributed by atoms with Gasteiger partial charge in [-0.3, -0.25) is 0 Å². The number of carbonyl (C=O) groups is 1. The fourth-order valence-corrected chi connectivity index (χ4v) is 3.21. The molecule has 2 atom stereocenters. The minimum absolute atomic E-state index is 0.309. The molecule has 0 amide bonds. The minimum atomic E-state index is -0.418. The Labute approximate surface area is 206 Å². The van der Waals surface area contributed by atoms with Crippen LogP contribution < -0.4 is 14.2 Å². The lowest BCUT2D eigenvalue weighted by Gasteiger charge is -2.09. The van der Waals surface area contributed by atoms with Crippen LogP contribution in [0, 0.1) is 0 Å². The monoisotopic (exact) mass is 486 g/mol. The average Bonchev–Trinajstić information content (AvgIpc) is 3.80. The molecule has 2 saturated heterocycles. The smallest absolute Gasteiger partial charge is 0.343 e.